The van der Waals surface area contributed by atoms with Crippen molar-refractivity contribution in [3.63, 3.8) is 0 Å². The molecule has 0 saturated heterocycles. The van der Waals surface area contributed by atoms with E-state index in [1.165, 1.54) is 6.07 Å². The normalized spacial score (nSPS) is 10.7. The Bertz CT molecular complexity index is 430. The van der Waals surface area contributed by atoms with Crippen LogP contribution in [0.25, 0.3) is 0 Å². The number of nitrogens with zero attached hydrogens (tertiary/aromatic N) is 1. The van der Waals surface area contributed by atoms with Crippen LogP contribution in [0.4, 0.5) is 11.4 Å². The third-order valence-electron chi connectivity index (χ3n) is 3.19. The molecule has 0 bridgehead atoms. The fourth-order valence-corrected chi connectivity index (χ4v) is 2.16. The van der Waals surface area contributed by atoms with Gasteiger partial charge in [-0.05, 0) is 38.5 Å². The summed E-state index contributed by atoms with van der Waals surface area (Å²) in [7, 11) is 0. The third-order valence-corrected chi connectivity index (χ3v) is 3.19. The Morgan fingerprint density at radius 2 is 2.05 bits per heavy atom. The van der Waals surface area contributed by atoms with Crippen molar-refractivity contribution in [1.82, 2.24) is 0 Å². The van der Waals surface area contributed by atoms with Gasteiger partial charge in [0.05, 0.1) is 11.3 Å². The highest BCUT2D eigenvalue weighted by molar-refractivity contribution is 5.95. The topological polar surface area (TPSA) is 66.6 Å². The molecule has 0 aliphatic heterocycles. The van der Waals surface area contributed by atoms with Crippen LogP contribution in [0, 0.1) is 0 Å². The molecule has 0 aromatic heterocycles. The number of anilines is 2. The first kappa shape index (κ1) is 15.3. The number of carboxylic acid groups (broad SMARTS) is 1. The Kier molecular flexibility index (Phi) is 5.67. The average molecular weight is 264 g/mol. The maximum absolute atomic E-state index is 11.3. The van der Waals surface area contributed by atoms with Gasteiger partial charge in [-0.3, -0.25) is 0 Å². The lowest BCUT2D eigenvalue weighted by molar-refractivity contribution is 0.0697. The number of hydrogen-bond acceptors (Lipinski definition) is 3. The minimum absolute atomic E-state index is 0.263. The molecular weight excluding hydrogens is 240 g/mol. The molecule has 1 aromatic rings. The van der Waals surface area contributed by atoms with Gasteiger partial charge in [0.1, 0.15) is 0 Å². The average Bonchev–Trinajstić information content (AvgIpc) is 2.35. The summed E-state index contributed by atoms with van der Waals surface area (Å²) in [5, 5.41) is 9.31. The maximum atomic E-state index is 11.3. The quantitative estimate of drug-likeness (QED) is 0.585. The molecule has 0 unspecified atom stereocenters. The van der Waals surface area contributed by atoms with Crippen LogP contribution in [0.2, 0.25) is 0 Å². The first-order valence-electron chi connectivity index (χ1n) is 6.86. The van der Waals surface area contributed by atoms with Crippen LogP contribution in [-0.4, -0.2) is 23.7 Å². The van der Waals surface area contributed by atoms with Crippen molar-refractivity contribution >= 4 is 17.3 Å². The summed E-state index contributed by atoms with van der Waals surface area (Å²) >= 11 is 0. The molecule has 0 fully saturated rings. The van der Waals surface area contributed by atoms with E-state index < -0.39 is 5.97 Å². The molecule has 1 rings (SSSR count). The van der Waals surface area contributed by atoms with Crippen LogP contribution in [0.3, 0.4) is 0 Å². The van der Waals surface area contributed by atoms with E-state index in [1.54, 1.807) is 6.07 Å². The minimum atomic E-state index is -0.927. The number of nitrogen functional groups attached to an aromatic ring is 1. The number of benzene rings is 1. The number of rotatable bonds is 7. The Hall–Kier alpha value is -1.71. The van der Waals surface area contributed by atoms with Crippen molar-refractivity contribution in [1.29, 1.82) is 0 Å². The Balaban J connectivity index is 3.04. The lowest BCUT2D eigenvalue weighted by atomic mass is 10.1. The fraction of sp³-hybridized carbons (Fsp3) is 0.533. The van der Waals surface area contributed by atoms with E-state index >= 15 is 0 Å². The van der Waals surface area contributed by atoms with Gasteiger partial charge in [0.2, 0.25) is 0 Å². The SMILES string of the molecule is CCCCCN(c1ccc(N)cc1C(=O)O)C(C)C. The molecule has 106 valence electrons. The van der Waals surface area contributed by atoms with E-state index in [0.29, 0.717) is 5.69 Å². The monoisotopic (exact) mass is 264 g/mol. The van der Waals surface area contributed by atoms with E-state index in [0.717, 1.165) is 31.5 Å². The number of unbranched alkanes of at least 4 members (excludes halogenated alkanes) is 2. The van der Waals surface area contributed by atoms with E-state index in [2.05, 4.69) is 25.7 Å². The Labute approximate surface area is 115 Å². The first-order chi connectivity index (χ1) is 8.97. The zero-order chi connectivity index (χ0) is 14.4. The second-order valence-electron chi connectivity index (χ2n) is 5.08. The van der Waals surface area contributed by atoms with Crippen molar-refractivity contribution in [3.8, 4) is 0 Å². The van der Waals surface area contributed by atoms with Crippen LogP contribution in [0.5, 0.6) is 0 Å². The molecule has 1 aromatic carbocycles. The molecule has 0 aliphatic carbocycles. The van der Waals surface area contributed by atoms with Gasteiger partial charge in [-0.25, -0.2) is 4.79 Å². The molecule has 0 aliphatic rings. The van der Waals surface area contributed by atoms with Crippen LogP contribution in [0.15, 0.2) is 18.2 Å². The molecule has 0 radical (unpaired) electrons. The highest BCUT2D eigenvalue weighted by Crippen LogP contribution is 2.25. The maximum Gasteiger partial charge on any atom is 0.337 e. The van der Waals surface area contributed by atoms with Crippen molar-refractivity contribution < 1.29 is 9.90 Å². The van der Waals surface area contributed by atoms with Crippen LogP contribution in [0.1, 0.15) is 50.4 Å². The molecule has 19 heavy (non-hydrogen) atoms. The lowest BCUT2D eigenvalue weighted by Crippen LogP contribution is -2.33. The van der Waals surface area contributed by atoms with Crippen LogP contribution < -0.4 is 10.6 Å². The highest BCUT2D eigenvalue weighted by atomic mass is 16.4. The smallest absolute Gasteiger partial charge is 0.337 e. The molecule has 4 heteroatoms. The number of aromatic carboxylic acids is 1. The van der Waals surface area contributed by atoms with Gasteiger partial charge in [-0.2, -0.15) is 0 Å². The summed E-state index contributed by atoms with van der Waals surface area (Å²) in [4.78, 5) is 13.5. The molecular formula is C15H24N2O2. The number of carbonyl (C=O) groups is 1. The molecule has 0 spiro atoms. The van der Waals surface area contributed by atoms with Gasteiger partial charge in [-0.15, -0.1) is 0 Å². The molecule has 3 N–H and O–H groups in total. The van der Waals surface area contributed by atoms with Crippen molar-refractivity contribution in [2.24, 2.45) is 0 Å². The van der Waals surface area contributed by atoms with E-state index in [-0.39, 0.29) is 11.6 Å². The van der Waals surface area contributed by atoms with Gasteiger partial charge in [0.25, 0.3) is 0 Å². The third kappa shape index (κ3) is 4.16. The predicted octanol–water partition coefficient (Wildman–Crippen LogP) is 3.37. The Morgan fingerprint density at radius 3 is 2.58 bits per heavy atom. The molecule has 0 atom stereocenters. The zero-order valence-electron chi connectivity index (χ0n) is 12.0. The summed E-state index contributed by atoms with van der Waals surface area (Å²) < 4.78 is 0. The molecule has 0 amide bonds. The predicted molar refractivity (Wildman–Crippen MR) is 79.8 cm³/mol. The lowest BCUT2D eigenvalue weighted by Gasteiger charge is -2.30. The van der Waals surface area contributed by atoms with Crippen molar-refractivity contribution in [3.05, 3.63) is 23.8 Å². The Morgan fingerprint density at radius 1 is 1.37 bits per heavy atom. The van der Waals surface area contributed by atoms with Gasteiger partial charge in [0.15, 0.2) is 0 Å². The summed E-state index contributed by atoms with van der Waals surface area (Å²) in [6.45, 7) is 7.18. The van der Waals surface area contributed by atoms with E-state index in [4.69, 9.17) is 5.73 Å². The molecule has 0 heterocycles. The zero-order valence-corrected chi connectivity index (χ0v) is 12.0. The highest BCUT2D eigenvalue weighted by Gasteiger charge is 2.18. The van der Waals surface area contributed by atoms with Gasteiger partial charge in [0, 0.05) is 18.3 Å². The molecule has 0 saturated carbocycles. The van der Waals surface area contributed by atoms with Crippen molar-refractivity contribution in [2.45, 2.75) is 46.1 Å². The summed E-state index contributed by atoms with van der Waals surface area (Å²) in [6, 6.07) is 5.37. The number of hydrogen-bond donors (Lipinski definition) is 2. The van der Waals surface area contributed by atoms with Crippen molar-refractivity contribution in [2.75, 3.05) is 17.2 Å². The van der Waals surface area contributed by atoms with Gasteiger partial charge >= 0.3 is 5.97 Å². The summed E-state index contributed by atoms with van der Waals surface area (Å²) in [5.74, 6) is -0.927. The van der Waals surface area contributed by atoms with Crippen LogP contribution >= 0.6 is 0 Å². The standard InChI is InChI=1S/C15H24N2O2/c1-4-5-6-9-17(11(2)3)14-8-7-12(16)10-13(14)15(18)19/h7-8,10-11H,4-6,9,16H2,1-3H3,(H,18,19). The summed E-state index contributed by atoms with van der Waals surface area (Å²) in [5.41, 5.74) is 7.21. The first-order valence-corrected chi connectivity index (χ1v) is 6.86. The fourth-order valence-electron chi connectivity index (χ4n) is 2.16. The number of nitrogens with two attached hydrogens (primary N) is 1. The van der Waals surface area contributed by atoms with E-state index in [9.17, 15) is 9.90 Å². The largest absolute Gasteiger partial charge is 0.478 e. The minimum Gasteiger partial charge on any atom is -0.478 e. The second kappa shape index (κ2) is 7.02. The number of carboxylic acids is 1. The van der Waals surface area contributed by atoms with Gasteiger partial charge < -0.3 is 15.7 Å². The van der Waals surface area contributed by atoms with E-state index in [1.807, 2.05) is 6.07 Å². The summed E-state index contributed by atoms with van der Waals surface area (Å²) in [6.07, 6.45) is 3.37. The van der Waals surface area contributed by atoms with Crippen LogP contribution in [-0.2, 0) is 0 Å². The second-order valence-corrected chi connectivity index (χ2v) is 5.08. The van der Waals surface area contributed by atoms with Gasteiger partial charge in [-0.1, -0.05) is 19.8 Å². The molecule has 4 nitrogen and oxygen atoms in total.